The maximum absolute atomic E-state index is 13.0. The predicted molar refractivity (Wildman–Crippen MR) is 93.4 cm³/mol. The molecule has 1 aromatic carbocycles. The summed E-state index contributed by atoms with van der Waals surface area (Å²) in [6.07, 6.45) is 2.62. The molecule has 0 aliphatic carbocycles. The van der Waals surface area contributed by atoms with Gasteiger partial charge in [-0.05, 0) is 49.3 Å². The lowest BCUT2D eigenvalue weighted by Gasteiger charge is -2.24. The van der Waals surface area contributed by atoms with Gasteiger partial charge < -0.3 is 15.3 Å². The van der Waals surface area contributed by atoms with E-state index in [4.69, 9.17) is 0 Å². The molecule has 5 heteroatoms. The number of likely N-dealkylation sites (tertiary alicyclic amines) is 1. The Kier molecular flexibility index (Phi) is 6.21. The summed E-state index contributed by atoms with van der Waals surface area (Å²) in [7, 11) is 0. The summed E-state index contributed by atoms with van der Waals surface area (Å²) < 4.78 is 13.0. The van der Waals surface area contributed by atoms with Crippen LogP contribution in [0.2, 0.25) is 0 Å². The first-order chi connectivity index (χ1) is 11.3. The number of aliphatic hydroxyl groups is 1. The van der Waals surface area contributed by atoms with Crippen molar-refractivity contribution in [1.82, 2.24) is 10.2 Å². The van der Waals surface area contributed by atoms with Gasteiger partial charge >= 0.3 is 6.03 Å². The van der Waals surface area contributed by atoms with Crippen molar-refractivity contribution in [2.75, 3.05) is 19.7 Å². The minimum Gasteiger partial charge on any atom is -0.396 e. The maximum Gasteiger partial charge on any atom is 0.317 e. The van der Waals surface area contributed by atoms with Crippen LogP contribution in [0, 0.1) is 11.2 Å². The third kappa shape index (κ3) is 4.94. The van der Waals surface area contributed by atoms with Gasteiger partial charge in [0.05, 0.1) is 0 Å². The van der Waals surface area contributed by atoms with Crippen LogP contribution in [0.1, 0.15) is 51.5 Å². The fraction of sp³-hybridized carbons (Fsp3) is 0.632. The molecule has 1 aliphatic heterocycles. The topological polar surface area (TPSA) is 52.6 Å². The van der Waals surface area contributed by atoms with Crippen LogP contribution in [0.4, 0.5) is 9.18 Å². The van der Waals surface area contributed by atoms with Crippen LogP contribution in [-0.4, -0.2) is 41.8 Å². The molecule has 1 heterocycles. The van der Waals surface area contributed by atoms with Gasteiger partial charge in [0, 0.05) is 31.7 Å². The molecule has 4 nitrogen and oxygen atoms in total. The molecule has 2 N–H and O–H groups in total. The first kappa shape index (κ1) is 18.7. The van der Waals surface area contributed by atoms with E-state index in [1.54, 1.807) is 0 Å². The fourth-order valence-corrected chi connectivity index (χ4v) is 3.23. The lowest BCUT2D eigenvalue weighted by molar-refractivity contribution is 0.147. The summed E-state index contributed by atoms with van der Waals surface area (Å²) in [4.78, 5) is 14.3. The van der Waals surface area contributed by atoms with E-state index in [2.05, 4.69) is 12.2 Å². The van der Waals surface area contributed by atoms with Crippen molar-refractivity contribution in [3.63, 3.8) is 0 Å². The molecule has 1 fully saturated rings. The molecule has 2 rings (SSSR count). The average Bonchev–Trinajstić information content (AvgIpc) is 2.94. The van der Waals surface area contributed by atoms with E-state index >= 15 is 0 Å². The molecular formula is C19H29FN2O2. The zero-order chi connectivity index (χ0) is 17.7. The zero-order valence-corrected chi connectivity index (χ0v) is 14.9. The van der Waals surface area contributed by atoms with Crippen LogP contribution in [-0.2, 0) is 0 Å². The number of amides is 2. The van der Waals surface area contributed by atoms with Gasteiger partial charge in [-0.25, -0.2) is 9.18 Å². The Morgan fingerprint density at radius 2 is 2.04 bits per heavy atom. The van der Waals surface area contributed by atoms with Crippen molar-refractivity contribution in [2.24, 2.45) is 5.41 Å². The van der Waals surface area contributed by atoms with Gasteiger partial charge in [0.15, 0.2) is 0 Å². The lowest BCUT2D eigenvalue weighted by atomic mass is 9.89. The molecule has 2 atom stereocenters. The maximum atomic E-state index is 13.0. The van der Waals surface area contributed by atoms with Crippen LogP contribution >= 0.6 is 0 Å². The van der Waals surface area contributed by atoms with E-state index in [1.165, 1.54) is 12.1 Å². The quantitative estimate of drug-likeness (QED) is 0.781. The van der Waals surface area contributed by atoms with Crippen molar-refractivity contribution < 1.29 is 14.3 Å². The standard InChI is InChI=1S/C19H29FN2O2/c1-14-11-16(15-5-7-17(20)8-6-15)12-22(14)18(24)21-10-4-9-19(2,3)13-23/h5-8,14,16,23H,4,9-13H2,1-3H3,(H,21,24). The Morgan fingerprint density at radius 1 is 1.38 bits per heavy atom. The number of benzene rings is 1. The highest BCUT2D eigenvalue weighted by atomic mass is 19.1. The third-order valence-electron chi connectivity index (χ3n) is 4.91. The molecule has 2 unspecified atom stereocenters. The molecule has 134 valence electrons. The highest BCUT2D eigenvalue weighted by Gasteiger charge is 2.33. The van der Waals surface area contributed by atoms with Gasteiger partial charge in [0.1, 0.15) is 5.82 Å². The van der Waals surface area contributed by atoms with E-state index in [1.807, 2.05) is 30.9 Å². The Balaban J connectivity index is 1.81. The van der Waals surface area contributed by atoms with Crippen LogP contribution in [0.5, 0.6) is 0 Å². The molecule has 1 aliphatic rings. The smallest absolute Gasteiger partial charge is 0.317 e. The fourth-order valence-electron chi connectivity index (χ4n) is 3.23. The number of nitrogens with zero attached hydrogens (tertiary/aromatic N) is 1. The van der Waals surface area contributed by atoms with Crippen molar-refractivity contribution >= 4 is 6.03 Å². The van der Waals surface area contributed by atoms with Crippen molar-refractivity contribution in [1.29, 1.82) is 0 Å². The van der Waals surface area contributed by atoms with E-state index < -0.39 is 0 Å². The number of rotatable bonds is 6. The third-order valence-corrected chi connectivity index (χ3v) is 4.91. The molecule has 0 radical (unpaired) electrons. The minimum absolute atomic E-state index is 0.0334. The lowest BCUT2D eigenvalue weighted by Crippen LogP contribution is -2.42. The Labute approximate surface area is 144 Å². The van der Waals surface area contributed by atoms with E-state index in [0.29, 0.717) is 13.1 Å². The van der Waals surface area contributed by atoms with Crippen LogP contribution < -0.4 is 5.32 Å². The molecular weight excluding hydrogens is 307 g/mol. The van der Waals surface area contributed by atoms with Gasteiger partial charge in [0.25, 0.3) is 0 Å². The normalized spacial score (nSPS) is 21.1. The molecule has 0 spiro atoms. The summed E-state index contributed by atoms with van der Waals surface area (Å²) in [6.45, 7) is 7.53. The molecule has 24 heavy (non-hydrogen) atoms. The summed E-state index contributed by atoms with van der Waals surface area (Å²) >= 11 is 0. The number of aliphatic hydroxyl groups excluding tert-OH is 1. The SMILES string of the molecule is CC1CC(c2ccc(F)cc2)CN1C(=O)NCCCC(C)(C)CO. The zero-order valence-electron chi connectivity index (χ0n) is 14.9. The Morgan fingerprint density at radius 3 is 2.67 bits per heavy atom. The number of halogens is 1. The van der Waals surface area contributed by atoms with E-state index in [0.717, 1.165) is 24.8 Å². The molecule has 2 amide bonds. The van der Waals surface area contributed by atoms with Gasteiger partial charge in [-0.3, -0.25) is 0 Å². The largest absolute Gasteiger partial charge is 0.396 e. The van der Waals surface area contributed by atoms with Crippen molar-refractivity contribution in [3.05, 3.63) is 35.6 Å². The first-order valence-corrected chi connectivity index (χ1v) is 8.73. The molecule has 0 aromatic heterocycles. The van der Waals surface area contributed by atoms with Gasteiger partial charge in [0.2, 0.25) is 0 Å². The predicted octanol–water partition coefficient (Wildman–Crippen LogP) is 3.51. The number of hydrogen-bond acceptors (Lipinski definition) is 2. The minimum atomic E-state index is -0.231. The van der Waals surface area contributed by atoms with Crippen LogP contribution in [0.3, 0.4) is 0 Å². The Hall–Kier alpha value is -1.62. The summed E-state index contributed by atoms with van der Waals surface area (Å²) in [5, 5.41) is 12.2. The molecule has 1 saturated heterocycles. The molecule has 0 saturated carbocycles. The van der Waals surface area contributed by atoms with Gasteiger partial charge in [-0.2, -0.15) is 0 Å². The molecule has 1 aromatic rings. The number of urea groups is 1. The first-order valence-electron chi connectivity index (χ1n) is 8.73. The number of nitrogens with one attached hydrogen (secondary N) is 1. The second-order valence-electron chi connectivity index (χ2n) is 7.64. The summed E-state index contributed by atoms with van der Waals surface area (Å²) in [5.74, 6) is 0.0323. The van der Waals surface area contributed by atoms with Crippen molar-refractivity contribution in [2.45, 2.75) is 52.0 Å². The van der Waals surface area contributed by atoms with Crippen LogP contribution in [0.25, 0.3) is 0 Å². The summed E-state index contributed by atoms with van der Waals surface area (Å²) in [6, 6.07) is 6.72. The van der Waals surface area contributed by atoms with E-state index in [-0.39, 0.29) is 35.8 Å². The van der Waals surface area contributed by atoms with Crippen LogP contribution in [0.15, 0.2) is 24.3 Å². The van der Waals surface area contributed by atoms with Gasteiger partial charge in [-0.1, -0.05) is 26.0 Å². The number of carbonyl (C=O) groups is 1. The Bertz CT molecular complexity index is 545. The second kappa shape index (κ2) is 7.97. The van der Waals surface area contributed by atoms with Crippen molar-refractivity contribution in [3.8, 4) is 0 Å². The molecule has 0 bridgehead atoms. The highest BCUT2D eigenvalue weighted by Crippen LogP contribution is 2.31. The average molecular weight is 336 g/mol. The highest BCUT2D eigenvalue weighted by molar-refractivity contribution is 5.75. The monoisotopic (exact) mass is 336 g/mol. The summed E-state index contributed by atoms with van der Waals surface area (Å²) in [5.41, 5.74) is 0.988. The second-order valence-corrected chi connectivity index (χ2v) is 7.64. The van der Waals surface area contributed by atoms with E-state index in [9.17, 15) is 14.3 Å². The van der Waals surface area contributed by atoms with Gasteiger partial charge in [-0.15, -0.1) is 0 Å². The number of hydrogen-bond donors (Lipinski definition) is 2. The number of carbonyl (C=O) groups excluding carboxylic acids is 1.